The molecule has 0 spiro atoms. The van der Waals surface area contributed by atoms with Gasteiger partial charge in [0.05, 0.1) is 5.52 Å². The number of hydrogen-bond donors (Lipinski definition) is 2. The van der Waals surface area contributed by atoms with Crippen LogP contribution < -0.4 is 25.0 Å². The van der Waals surface area contributed by atoms with E-state index in [9.17, 15) is 4.79 Å². The molecule has 2 aliphatic rings. The number of rotatable bonds is 6. The Morgan fingerprint density at radius 1 is 1.09 bits per heavy atom. The fraction of sp³-hybridized carbons (Fsp3) is 0.400. The summed E-state index contributed by atoms with van der Waals surface area (Å²) in [6.45, 7) is 0.747. The maximum atomic E-state index is 12.7. The van der Waals surface area contributed by atoms with Gasteiger partial charge in [0.1, 0.15) is 0 Å². The number of benzene rings is 2. The number of aromatic nitrogens is 2. The highest BCUT2D eigenvalue weighted by Crippen LogP contribution is 2.33. The first-order valence-electron chi connectivity index (χ1n) is 11.4. The normalized spacial score (nSPS) is 19.3. The Morgan fingerprint density at radius 3 is 2.73 bits per heavy atom. The number of ether oxygens (including phenoxy) is 2. The summed E-state index contributed by atoms with van der Waals surface area (Å²) in [6.07, 6.45) is 5.42. The molecule has 5 rings (SSSR count). The standard InChI is InChI=1S/C25H29N5O3/c1-30(2)21-5-3-4-20-19(21)14-27-25(29-20)28-18-9-7-17(8-10-18)24(31)26-13-16-6-11-22-23(12-16)33-15-32-22/h3-6,11-12,14,17-18H,7-10,13,15H2,1-2H3,(H,26,31)(H,27,28,29). The van der Waals surface area contributed by atoms with Crippen molar-refractivity contribution in [1.29, 1.82) is 0 Å². The fourth-order valence-corrected chi connectivity index (χ4v) is 4.57. The van der Waals surface area contributed by atoms with Gasteiger partial charge in [-0.15, -0.1) is 0 Å². The summed E-state index contributed by atoms with van der Waals surface area (Å²) < 4.78 is 10.7. The van der Waals surface area contributed by atoms with Crippen LogP contribution in [0.5, 0.6) is 11.5 Å². The van der Waals surface area contributed by atoms with Crippen molar-refractivity contribution < 1.29 is 14.3 Å². The molecular weight excluding hydrogens is 418 g/mol. The van der Waals surface area contributed by atoms with Gasteiger partial charge in [0.2, 0.25) is 18.6 Å². The van der Waals surface area contributed by atoms with Gasteiger partial charge in [0.15, 0.2) is 11.5 Å². The molecule has 0 radical (unpaired) electrons. The van der Waals surface area contributed by atoms with Crippen LogP contribution in [0.25, 0.3) is 10.9 Å². The van der Waals surface area contributed by atoms with Crippen molar-refractivity contribution in [2.45, 2.75) is 38.3 Å². The Bertz CT molecular complexity index is 1160. The van der Waals surface area contributed by atoms with Crippen molar-refractivity contribution in [3.8, 4) is 11.5 Å². The summed E-state index contributed by atoms with van der Waals surface area (Å²) in [5, 5.41) is 7.58. The van der Waals surface area contributed by atoms with E-state index in [0.717, 1.165) is 59.3 Å². The fourth-order valence-electron chi connectivity index (χ4n) is 4.57. The summed E-state index contributed by atoms with van der Waals surface area (Å²) in [7, 11) is 4.04. The van der Waals surface area contributed by atoms with Crippen molar-refractivity contribution in [3.05, 3.63) is 48.2 Å². The molecule has 1 aliphatic heterocycles. The SMILES string of the molecule is CN(C)c1cccc2nc(NC3CCC(C(=O)NCc4ccc5c(c4)OCO5)CC3)ncc12. The van der Waals surface area contributed by atoms with Gasteiger partial charge in [-0.05, 0) is 55.5 Å². The lowest BCUT2D eigenvalue weighted by Gasteiger charge is -2.28. The Kier molecular flexibility index (Phi) is 5.90. The number of carbonyl (C=O) groups is 1. The zero-order valence-electron chi connectivity index (χ0n) is 19.0. The second-order valence-electron chi connectivity index (χ2n) is 8.90. The molecule has 1 aliphatic carbocycles. The number of nitrogens with one attached hydrogen (secondary N) is 2. The molecule has 3 aromatic rings. The van der Waals surface area contributed by atoms with Crippen molar-refractivity contribution >= 4 is 28.4 Å². The minimum absolute atomic E-state index is 0.0391. The third kappa shape index (κ3) is 4.65. The van der Waals surface area contributed by atoms with Gasteiger partial charge >= 0.3 is 0 Å². The molecule has 1 saturated carbocycles. The number of fused-ring (bicyclic) bond motifs is 2. The zero-order valence-corrected chi connectivity index (χ0v) is 19.0. The molecule has 172 valence electrons. The maximum Gasteiger partial charge on any atom is 0.231 e. The Labute approximate surface area is 193 Å². The summed E-state index contributed by atoms with van der Waals surface area (Å²) in [6, 6.07) is 12.1. The molecule has 2 N–H and O–H groups in total. The largest absolute Gasteiger partial charge is 0.454 e. The van der Waals surface area contributed by atoms with Crippen LogP contribution >= 0.6 is 0 Å². The van der Waals surface area contributed by atoms with Crippen LogP contribution in [0, 0.1) is 5.92 Å². The quantitative estimate of drug-likeness (QED) is 0.595. The highest BCUT2D eigenvalue weighted by Gasteiger charge is 2.26. The molecule has 8 nitrogen and oxygen atoms in total. The van der Waals surface area contributed by atoms with Crippen LogP contribution in [0.3, 0.4) is 0 Å². The van der Waals surface area contributed by atoms with E-state index in [-0.39, 0.29) is 24.7 Å². The number of carbonyl (C=O) groups excluding carboxylic acids is 1. The molecule has 0 atom stereocenters. The van der Waals surface area contributed by atoms with Gasteiger partial charge in [-0.25, -0.2) is 9.97 Å². The number of amides is 1. The predicted molar refractivity (Wildman–Crippen MR) is 128 cm³/mol. The van der Waals surface area contributed by atoms with Crippen LogP contribution in [-0.4, -0.2) is 42.8 Å². The molecule has 0 saturated heterocycles. The summed E-state index contributed by atoms with van der Waals surface area (Å²) in [5.74, 6) is 2.29. The summed E-state index contributed by atoms with van der Waals surface area (Å²) in [4.78, 5) is 24.0. The van der Waals surface area contributed by atoms with E-state index in [1.54, 1.807) is 0 Å². The van der Waals surface area contributed by atoms with E-state index in [0.29, 0.717) is 12.5 Å². The van der Waals surface area contributed by atoms with Gasteiger partial charge < -0.3 is 25.0 Å². The van der Waals surface area contributed by atoms with Crippen molar-refractivity contribution in [1.82, 2.24) is 15.3 Å². The molecule has 1 amide bonds. The van der Waals surface area contributed by atoms with Crippen LogP contribution in [-0.2, 0) is 11.3 Å². The number of anilines is 2. The lowest BCUT2D eigenvalue weighted by molar-refractivity contribution is -0.126. The zero-order chi connectivity index (χ0) is 22.8. The molecule has 0 unspecified atom stereocenters. The van der Waals surface area contributed by atoms with Gasteiger partial charge in [-0.3, -0.25) is 4.79 Å². The van der Waals surface area contributed by atoms with Crippen molar-refractivity contribution in [2.24, 2.45) is 5.92 Å². The maximum absolute atomic E-state index is 12.7. The monoisotopic (exact) mass is 447 g/mol. The predicted octanol–water partition coefficient (Wildman–Crippen LogP) is 3.71. The molecule has 8 heteroatoms. The first-order valence-corrected chi connectivity index (χ1v) is 11.4. The average molecular weight is 448 g/mol. The lowest BCUT2D eigenvalue weighted by Crippen LogP contribution is -2.35. The van der Waals surface area contributed by atoms with Crippen molar-refractivity contribution in [2.75, 3.05) is 31.1 Å². The van der Waals surface area contributed by atoms with E-state index >= 15 is 0 Å². The number of hydrogen-bond acceptors (Lipinski definition) is 7. The molecule has 33 heavy (non-hydrogen) atoms. The van der Waals surface area contributed by atoms with Crippen LogP contribution in [0.1, 0.15) is 31.2 Å². The Morgan fingerprint density at radius 2 is 1.91 bits per heavy atom. The highest BCUT2D eigenvalue weighted by molar-refractivity contribution is 5.91. The second kappa shape index (κ2) is 9.13. The van der Waals surface area contributed by atoms with Gasteiger partial charge in [-0.1, -0.05) is 12.1 Å². The van der Waals surface area contributed by atoms with Gasteiger partial charge in [-0.2, -0.15) is 0 Å². The summed E-state index contributed by atoms with van der Waals surface area (Å²) in [5.41, 5.74) is 3.04. The molecule has 1 fully saturated rings. The van der Waals surface area contributed by atoms with Gasteiger partial charge in [0, 0.05) is 49.9 Å². The topological polar surface area (TPSA) is 88.6 Å². The van der Waals surface area contributed by atoms with E-state index in [1.807, 2.05) is 50.6 Å². The average Bonchev–Trinajstić information content (AvgIpc) is 3.30. The van der Waals surface area contributed by atoms with Crippen LogP contribution in [0.2, 0.25) is 0 Å². The third-order valence-corrected chi connectivity index (χ3v) is 6.42. The first-order chi connectivity index (χ1) is 16.1. The van der Waals surface area contributed by atoms with Crippen LogP contribution in [0.4, 0.5) is 11.6 Å². The van der Waals surface area contributed by atoms with E-state index in [4.69, 9.17) is 14.5 Å². The van der Waals surface area contributed by atoms with Crippen LogP contribution in [0.15, 0.2) is 42.6 Å². The Hall–Kier alpha value is -3.55. The molecule has 2 aromatic carbocycles. The van der Waals surface area contributed by atoms with E-state index in [2.05, 4.69) is 26.6 Å². The second-order valence-corrected chi connectivity index (χ2v) is 8.90. The minimum atomic E-state index is 0.0391. The van der Waals surface area contributed by atoms with Gasteiger partial charge in [0.25, 0.3) is 0 Å². The third-order valence-electron chi connectivity index (χ3n) is 6.42. The molecule has 0 bridgehead atoms. The van der Waals surface area contributed by atoms with E-state index in [1.165, 1.54) is 0 Å². The highest BCUT2D eigenvalue weighted by atomic mass is 16.7. The van der Waals surface area contributed by atoms with E-state index < -0.39 is 0 Å². The molecular formula is C25H29N5O3. The Balaban J connectivity index is 1.13. The number of nitrogens with zero attached hydrogens (tertiary/aromatic N) is 3. The summed E-state index contributed by atoms with van der Waals surface area (Å²) >= 11 is 0. The minimum Gasteiger partial charge on any atom is -0.454 e. The first kappa shape index (κ1) is 21.3. The van der Waals surface area contributed by atoms with Crippen molar-refractivity contribution in [3.63, 3.8) is 0 Å². The lowest BCUT2D eigenvalue weighted by atomic mass is 9.85. The molecule has 2 heterocycles. The molecule has 1 aromatic heterocycles. The smallest absolute Gasteiger partial charge is 0.231 e.